The lowest BCUT2D eigenvalue weighted by Gasteiger charge is -2.39. The van der Waals surface area contributed by atoms with E-state index in [9.17, 15) is 66.3 Å². The molecule has 0 bridgehead atoms. The number of hydrogen-bond donors (Lipinski definition) is 0. The van der Waals surface area contributed by atoms with Gasteiger partial charge >= 0.3 is 42.4 Å². The summed E-state index contributed by atoms with van der Waals surface area (Å²) in [6, 6.07) is 0. The molecule has 0 rings (SSSR count). The molecule has 30 heavy (non-hydrogen) atoms. The van der Waals surface area contributed by atoms with Gasteiger partial charge in [0.1, 0.15) is 6.61 Å². The summed E-state index contributed by atoms with van der Waals surface area (Å²) in [6.07, 6.45) is -28.1. The van der Waals surface area contributed by atoms with Crippen LogP contribution in [0.2, 0.25) is 0 Å². The van der Waals surface area contributed by atoms with Crippen LogP contribution in [0.1, 0.15) is 6.92 Å². The molecule has 1 unspecified atom stereocenters. The van der Waals surface area contributed by atoms with Gasteiger partial charge in [-0.1, -0.05) is 6.58 Å². The van der Waals surface area contributed by atoms with Gasteiger partial charge in [-0.25, -0.2) is 4.79 Å². The maximum atomic E-state index is 13.7. The van der Waals surface area contributed by atoms with Crippen LogP contribution in [0.4, 0.5) is 61.5 Å². The highest BCUT2D eigenvalue weighted by Crippen LogP contribution is 2.51. The van der Waals surface area contributed by atoms with Crippen molar-refractivity contribution in [2.24, 2.45) is 0 Å². The molecule has 0 aliphatic heterocycles. The van der Waals surface area contributed by atoms with Crippen molar-refractivity contribution in [3.8, 4) is 0 Å². The van der Waals surface area contributed by atoms with Crippen LogP contribution in [0.15, 0.2) is 12.7 Å². The second-order valence-corrected chi connectivity index (χ2v) is 5.33. The SMILES string of the molecule is C=CC(=O)OC(C)(COC(F)(C(F)(F)F)C(F)(F)F)OC(F)(C(F)(F)F)C(F)(F)F. The Labute approximate surface area is 156 Å². The number of rotatable bonds is 7. The van der Waals surface area contributed by atoms with Crippen LogP contribution >= 0.6 is 0 Å². The zero-order valence-electron chi connectivity index (χ0n) is 13.9. The minimum atomic E-state index is -7.05. The Bertz CT molecular complexity index is 603. The van der Waals surface area contributed by atoms with Gasteiger partial charge in [0.15, 0.2) is 0 Å². The van der Waals surface area contributed by atoms with Crippen molar-refractivity contribution in [2.75, 3.05) is 6.61 Å². The van der Waals surface area contributed by atoms with Crippen molar-refractivity contribution in [1.29, 1.82) is 0 Å². The molecule has 0 fully saturated rings. The normalized spacial score (nSPS) is 16.8. The smallest absolute Gasteiger partial charge is 0.428 e. The van der Waals surface area contributed by atoms with E-state index in [4.69, 9.17) is 0 Å². The Morgan fingerprint density at radius 2 is 1.07 bits per heavy atom. The fourth-order valence-electron chi connectivity index (χ4n) is 1.46. The first-order valence-electron chi connectivity index (χ1n) is 6.71. The summed E-state index contributed by atoms with van der Waals surface area (Å²) in [7, 11) is 0. The lowest BCUT2D eigenvalue weighted by Crippen LogP contribution is -2.62. The molecule has 0 saturated heterocycles. The molecule has 0 heterocycles. The molecule has 0 spiro atoms. The van der Waals surface area contributed by atoms with E-state index in [1.165, 1.54) is 0 Å². The largest absolute Gasteiger partial charge is 0.458 e. The Balaban J connectivity index is 6.30. The molecule has 4 nitrogen and oxygen atoms in total. The average Bonchev–Trinajstić information content (AvgIpc) is 2.47. The van der Waals surface area contributed by atoms with Gasteiger partial charge in [-0.2, -0.15) is 61.5 Å². The number of alkyl halides is 14. The van der Waals surface area contributed by atoms with E-state index in [1.807, 2.05) is 0 Å². The van der Waals surface area contributed by atoms with Gasteiger partial charge in [0.2, 0.25) is 5.79 Å². The van der Waals surface area contributed by atoms with E-state index < -0.39 is 54.8 Å². The van der Waals surface area contributed by atoms with E-state index in [1.54, 1.807) is 0 Å². The van der Waals surface area contributed by atoms with Crippen molar-refractivity contribution < 1.29 is 80.5 Å². The number of ether oxygens (including phenoxy) is 3. The molecule has 0 aromatic carbocycles. The first-order valence-corrected chi connectivity index (χ1v) is 6.71. The second kappa shape index (κ2) is 8.01. The van der Waals surface area contributed by atoms with Crippen LogP contribution < -0.4 is 0 Å². The summed E-state index contributed by atoms with van der Waals surface area (Å²) >= 11 is 0. The number of halogens is 14. The lowest BCUT2D eigenvalue weighted by molar-refractivity contribution is -0.483. The molecule has 178 valence electrons. The van der Waals surface area contributed by atoms with E-state index >= 15 is 0 Å². The maximum absolute atomic E-state index is 13.7. The molecule has 0 saturated carbocycles. The van der Waals surface area contributed by atoms with Crippen LogP contribution in [0.5, 0.6) is 0 Å². The van der Waals surface area contributed by atoms with Crippen molar-refractivity contribution >= 4 is 5.97 Å². The Hall–Kier alpha value is -1.85. The topological polar surface area (TPSA) is 44.8 Å². The van der Waals surface area contributed by atoms with E-state index in [-0.39, 0.29) is 13.0 Å². The lowest BCUT2D eigenvalue weighted by atomic mass is 10.2. The highest BCUT2D eigenvalue weighted by Gasteiger charge is 2.78. The first kappa shape index (κ1) is 28.1. The zero-order valence-corrected chi connectivity index (χ0v) is 13.9. The Kier molecular flexibility index (Phi) is 7.51. The van der Waals surface area contributed by atoms with Crippen LogP contribution in [-0.2, 0) is 19.0 Å². The zero-order chi connectivity index (χ0) is 24.6. The standard InChI is InChI=1S/C12H8F14O4/c1-3-5(27)29-6(2,30-8(14,11(21,22)23)12(24,25)26)4-28-7(13,9(15,16)17)10(18,19)20/h3H,1,4H2,2H3. The molecule has 0 aliphatic rings. The number of carbonyl (C=O) groups excluding carboxylic acids is 1. The molecule has 0 N–H and O–H groups in total. The van der Waals surface area contributed by atoms with E-state index in [0.29, 0.717) is 0 Å². The van der Waals surface area contributed by atoms with Crippen molar-refractivity contribution in [1.82, 2.24) is 0 Å². The molecular weight excluding hydrogens is 474 g/mol. The number of hydrogen-bond acceptors (Lipinski definition) is 4. The molecule has 18 heteroatoms. The van der Waals surface area contributed by atoms with E-state index in [0.717, 1.165) is 0 Å². The molecule has 0 aliphatic carbocycles. The summed E-state index contributed by atoms with van der Waals surface area (Å²) in [5.41, 5.74) is 0. The van der Waals surface area contributed by atoms with Gasteiger partial charge in [-0.15, -0.1) is 0 Å². The maximum Gasteiger partial charge on any atom is 0.458 e. The van der Waals surface area contributed by atoms with Crippen LogP contribution in [0.3, 0.4) is 0 Å². The monoisotopic (exact) mass is 482 g/mol. The van der Waals surface area contributed by atoms with Crippen LogP contribution in [0.25, 0.3) is 0 Å². The average molecular weight is 482 g/mol. The minimum absolute atomic E-state index is 0.0566. The van der Waals surface area contributed by atoms with Gasteiger partial charge in [0.25, 0.3) is 0 Å². The quantitative estimate of drug-likeness (QED) is 0.221. The summed E-state index contributed by atoms with van der Waals surface area (Å²) in [4.78, 5) is 11.0. The van der Waals surface area contributed by atoms with Gasteiger partial charge in [-0.05, 0) is 0 Å². The van der Waals surface area contributed by atoms with Crippen LogP contribution in [-0.4, -0.2) is 54.8 Å². The summed E-state index contributed by atoms with van der Waals surface area (Å²) in [5.74, 6) is -19.9. The third-order valence-electron chi connectivity index (χ3n) is 2.83. The summed E-state index contributed by atoms with van der Waals surface area (Å²) in [6.45, 7) is -0.715. The van der Waals surface area contributed by atoms with Crippen molar-refractivity contribution in [2.45, 2.75) is 49.1 Å². The highest BCUT2D eigenvalue weighted by atomic mass is 19.4. The molecule has 0 aromatic heterocycles. The molecule has 1 atom stereocenters. The highest BCUT2D eigenvalue weighted by molar-refractivity contribution is 5.81. The van der Waals surface area contributed by atoms with Crippen LogP contribution in [0, 0.1) is 0 Å². The van der Waals surface area contributed by atoms with E-state index in [2.05, 4.69) is 20.8 Å². The van der Waals surface area contributed by atoms with Gasteiger partial charge in [0.05, 0.1) is 0 Å². The van der Waals surface area contributed by atoms with Gasteiger partial charge in [0, 0.05) is 13.0 Å². The first-order chi connectivity index (χ1) is 12.9. The Morgan fingerprint density at radius 1 is 0.733 bits per heavy atom. The predicted molar refractivity (Wildman–Crippen MR) is 63.6 cm³/mol. The summed E-state index contributed by atoms with van der Waals surface area (Å²) in [5, 5.41) is 0. The molecule has 0 radical (unpaired) electrons. The Morgan fingerprint density at radius 3 is 1.33 bits per heavy atom. The van der Waals surface area contributed by atoms with Gasteiger partial charge in [-0.3, -0.25) is 4.74 Å². The van der Waals surface area contributed by atoms with Crippen molar-refractivity contribution in [3.63, 3.8) is 0 Å². The molecule has 0 aromatic rings. The molecule has 0 amide bonds. The predicted octanol–water partition coefficient (Wildman–Crippen LogP) is 5.05. The fourth-order valence-corrected chi connectivity index (χ4v) is 1.46. The number of carbonyl (C=O) groups is 1. The fraction of sp³-hybridized carbons (Fsp3) is 0.750. The minimum Gasteiger partial charge on any atom is -0.428 e. The third-order valence-corrected chi connectivity index (χ3v) is 2.83. The summed E-state index contributed by atoms with van der Waals surface area (Å²) < 4.78 is 186. The second-order valence-electron chi connectivity index (χ2n) is 5.33. The van der Waals surface area contributed by atoms with Gasteiger partial charge < -0.3 is 9.47 Å². The third kappa shape index (κ3) is 5.64. The van der Waals surface area contributed by atoms with Crippen molar-refractivity contribution in [3.05, 3.63) is 12.7 Å². The number of esters is 1. The molecular formula is C12H8F14O4.